The van der Waals surface area contributed by atoms with Gasteiger partial charge in [-0.3, -0.25) is 4.79 Å². The van der Waals surface area contributed by atoms with Crippen LogP contribution in [0.5, 0.6) is 11.6 Å². The van der Waals surface area contributed by atoms with Crippen LogP contribution in [0.15, 0.2) is 35.4 Å². The van der Waals surface area contributed by atoms with Crippen molar-refractivity contribution in [1.29, 1.82) is 5.26 Å². The Bertz CT molecular complexity index is 688. The van der Waals surface area contributed by atoms with Crippen LogP contribution in [0.4, 0.5) is 0 Å². The van der Waals surface area contributed by atoms with E-state index in [1.807, 2.05) is 6.07 Å². The summed E-state index contributed by atoms with van der Waals surface area (Å²) in [6, 6.07) is 6.49. The Morgan fingerprint density at radius 3 is 2.94 bits per heavy atom. The van der Waals surface area contributed by atoms with Gasteiger partial charge in [-0.15, -0.1) is 0 Å². The van der Waals surface area contributed by atoms with Crippen molar-refractivity contribution < 1.29 is 4.74 Å². The number of nitrogens with zero attached hydrogens (tertiary/aromatic N) is 3. The molecule has 0 aliphatic heterocycles. The molecule has 0 N–H and O–H groups in total. The maximum atomic E-state index is 11.7. The number of rotatable bonds is 2. The third kappa shape index (κ3) is 2.34. The van der Waals surface area contributed by atoms with Crippen molar-refractivity contribution in [3.8, 4) is 17.7 Å². The molecule has 1 aromatic carbocycles. The van der Waals surface area contributed by atoms with Crippen LogP contribution in [0.2, 0.25) is 5.02 Å². The molecule has 0 amide bonds. The number of aromatic nitrogens is 2. The molecular weight excluding hydrogens is 254 g/mol. The lowest BCUT2D eigenvalue weighted by Gasteiger charge is -2.06. The summed E-state index contributed by atoms with van der Waals surface area (Å²) in [5, 5.41) is 8.96. The van der Waals surface area contributed by atoms with Gasteiger partial charge in [0.05, 0.1) is 16.7 Å². The molecule has 0 saturated carbocycles. The summed E-state index contributed by atoms with van der Waals surface area (Å²) < 4.78 is 6.68. The van der Waals surface area contributed by atoms with Gasteiger partial charge in [-0.05, 0) is 18.2 Å². The van der Waals surface area contributed by atoms with Crippen LogP contribution in [-0.4, -0.2) is 9.55 Å². The van der Waals surface area contributed by atoms with Crippen LogP contribution >= 0.6 is 11.6 Å². The lowest BCUT2D eigenvalue weighted by atomic mass is 10.2. The summed E-state index contributed by atoms with van der Waals surface area (Å²) in [4.78, 5) is 15.5. The lowest BCUT2D eigenvalue weighted by molar-refractivity contribution is 0.449. The van der Waals surface area contributed by atoms with Gasteiger partial charge < -0.3 is 9.30 Å². The summed E-state index contributed by atoms with van der Waals surface area (Å²) in [7, 11) is 1.59. The van der Waals surface area contributed by atoms with E-state index < -0.39 is 0 Å². The molecule has 0 fully saturated rings. The number of halogens is 1. The first kappa shape index (κ1) is 12.1. The van der Waals surface area contributed by atoms with E-state index in [-0.39, 0.29) is 22.2 Å². The minimum atomic E-state index is -0.363. The van der Waals surface area contributed by atoms with Crippen molar-refractivity contribution in [2.75, 3.05) is 0 Å². The van der Waals surface area contributed by atoms with Crippen LogP contribution in [0.25, 0.3) is 0 Å². The average molecular weight is 262 g/mol. The second-order valence-corrected chi connectivity index (χ2v) is 3.91. The molecule has 5 nitrogen and oxygen atoms in total. The molecule has 2 aromatic rings. The van der Waals surface area contributed by atoms with E-state index in [0.717, 1.165) is 0 Å². The summed E-state index contributed by atoms with van der Waals surface area (Å²) in [6.07, 6.45) is 2.98. The molecule has 0 spiro atoms. The van der Waals surface area contributed by atoms with Gasteiger partial charge in [-0.2, -0.15) is 5.26 Å². The van der Waals surface area contributed by atoms with Crippen LogP contribution in [0, 0.1) is 11.3 Å². The van der Waals surface area contributed by atoms with Gasteiger partial charge in [0, 0.05) is 19.4 Å². The predicted molar refractivity (Wildman–Crippen MR) is 65.7 cm³/mol. The van der Waals surface area contributed by atoms with E-state index in [4.69, 9.17) is 21.6 Å². The highest BCUT2D eigenvalue weighted by molar-refractivity contribution is 6.32. The number of benzene rings is 1. The van der Waals surface area contributed by atoms with Gasteiger partial charge in [0.25, 0.3) is 5.88 Å². The molecule has 90 valence electrons. The molecule has 0 unspecified atom stereocenters. The molecule has 0 atom stereocenters. The number of hydrogen-bond donors (Lipinski definition) is 0. The smallest absolute Gasteiger partial charge is 0.313 e. The summed E-state index contributed by atoms with van der Waals surface area (Å²) >= 11 is 5.94. The Kier molecular flexibility index (Phi) is 3.31. The van der Waals surface area contributed by atoms with E-state index in [0.29, 0.717) is 5.56 Å². The third-order valence-electron chi connectivity index (χ3n) is 2.25. The summed E-state index contributed by atoms with van der Waals surface area (Å²) in [5.41, 5.74) is 0.0548. The first-order valence-corrected chi connectivity index (χ1v) is 5.39. The second-order valence-electron chi connectivity index (χ2n) is 3.51. The van der Waals surface area contributed by atoms with Crippen molar-refractivity contribution in [2.45, 2.75) is 0 Å². The van der Waals surface area contributed by atoms with Crippen LogP contribution in [0.1, 0.15) is 5.56 Å². The van der Waals surface area contributed by atoms with Crippen LogP contribution in [0.3, 0.4) is 0 Å². The van der Waals surface area contributed by atoms with Crippen molar-refractivity contribution >= 4 is 11.6 Å². The molecule has 18 heavy (non-hydrogen) atoms. The zero-order chi connectivity index (χ0) is 13.1. The Morgan fingerprint density at radius 2 is 2.28 bits per heavy atom. The fourth-order valence-electron chi connectivity index (χ4n) is 1.30. The number of nitriles is 1. The second kappa shape index (κ2) is 4.90. The topological polar surface area (TPSA) is 67.9 Å². The largest absolute Gasteiger partial charge is 0.433 e. The number of ether oxygens (including phenoxy) is 1. The van der Waals surface area contributed by atoms with E-state index in [1.54, 1.807) is 13.1 Å². The minimum Gasteiger partial charge on any atom is -0.433 e. The van der Waals surface area contributed by atoms with Crippen molar-refractivity contribution in [2.24, 2.45) is 7.05 Å². The quantitative estimate of drug-likeness (QED) is 0.830. The number of aryl methyl sites for hydroxylation is 1. The zero-order valence-electron chi connectivity index (χ0n) is 9.42. The maximum Gasteiger partial charge on any atom is 0.313 e. The summed E-state index contributed by atoms with van der Waals surface area (Å²) in [6.45, 7) is 0. The first-order valence-electron chi connectivity index (χ1n) is 5.01. The molecular formula is C12H8ClN3O2. The fraction of sp³-hybridized carbons (Fsp3) is 0.0833. The monoisotopic (exact) mass is 261 g/mol. The number of hydrogen-bond acceptors (Lipinski definition) is 4. The van der Waals surface area contributed by atoms with Crippen molar-refractivity contribution in [3.63, 3.8) is 0 Å². The molecule has 0 aliphatic rings. The molecule has 0 radical (unpaired) electrons. The van der Waals surface area contributed by atoms with Gasteiger partial charge in [-0.25, -0.2) is 4.98 Å². The highest BCUT2D eigenvalue weighted by Crippen LogP contribution is 2.27. The molecule has 6 heteroatoms. The summed E-state index contributed by atoms with van der Waals surface area (Å²) in [5.74, 6) is 0.220. The molecule has 2 rings (SSSR count). The Hall–Kier alpha value is -2.32. The Balaban J connectivity index is 2.38. The fourth-order valence-corrected chi connectivity index (χ4v) is 1.52. The SMILES string of the molecule is Cn1ccnc(Oc2ccc(C#N)cc2Cl)c1=O. The molecule has 0 bridgehead atoms. The third-order valence-corrected chi connectivity index (χ3v) is 2.55. The predicted octanol–water partition coefficient (Wildman–Crippen LogP) is 2.10. The van der Waals surface area contributed by atoms with E-state index in [2.05, 4.69) is 4.98 Å². The van der Waals surface area contributed by atoms with E-state index in [9.17, 15) is 4.79 Å². The molecule has 1 heterocycles. The minimum absolute atomic E-state index is 0.0633. The van der Waals surface area contributed by atoms with E-state index >= 15 is 0 Å². The Labute approximate surface area is 108 Å². The van der Waals surface area contributed by atoms with Gasteiger partial charge in [-0.1, -0.05) is 11.6 Å². The van der Waals surface area contributed by atoms with Gasteiger partial charge >= 0.3 is 5.56 Å². The van der Waals surface area contributed by atoms with Crippen LogP contribution < -0.4 is 10.3 Å². The molecule has 0 saturated heterocycles. The van der Waals surface area contributed by atoms with Crippen molar-refractivity contribution in [1.82, 2.24) is 9.55 Å². The molecule has 1 aromatic heterocycles. The first-order chi connectivity index (χ1) is 8.61. The standard InChI is InChI=1S/C12H8ClN3O2/c1-16-5-4-15-11(12(16)17)18-10-3-2-8(7-14)6-9(10)13/h2-6H,1H3. The van der Waals surface area contributed by atoms with Crippen molar-refractivity contribution in [3.05, 3.63) is 51.5 Å². The van der Waals surface area contributed by atoms with Gasteiger partial charge in [0.15, 0.2) is 0 Å². The highest BCUT2D eigenvalue weighted by atomic mass is 35.5. The van der Waals surface area contributed by atoms with Gasteiger partial charge in [0.1, 0.15) is 5.75 Å². The lowest BCUT2D eigenvalue weighted by Crippen LogP contribution is -2.18. The highest BCUT2D eigenvalue weighted by Gasteiger charge is 2.09. The van der Waals surface area contributed by atoms with Crippen LogP contribution in [-0.2, 0) is 7.05 Å². The molecule has 0 aliphatic carbocycles. The van der Waals surface area contributed by atoms with E-state index in [1.165, 1.54) is 29.1 Å². The average Bonchev–Trinajstić information content (AvgIpc) is 2.37. The van der Waals surface area contributed by atoms with Gasteiger partial charge in [0.2, 0.25) is 0 Å². The zero-order valence-corrected chi connectivity index (χ0v) is 10.2. The maximum absolute atomic E-state index is 11.7. The normalized spacial score (nSPS) is 9.83. The Morgan fingerprint density at radius 1 is 1.50 bits per heavy atom.